The lowest BCUT2D eigenvalue weighted by Gasteiger charge is -2.34. The van der Waals surface area contributed by atoms with Crippen molar-refractivity contribution in [1.82, 2.24) is 0 Å². The summed E-state index contributed by atoms with van der Waals surface area (Å²) < 4.78 is 10.8. The number of hydrogen-bond acceptors (Lipinski definition) is 6. The number of phenols is 1. The molecule has 0 fully saturated rings. The van der Waals surface area contributed by atoms with Crippen LogP contribution < -0.4 is 4.74 Å². The van der Waals surface area contributed by atoms with Gasteiger partial charge in [0.2, 0.25) is 0 Å². The number of nitrogens with zero attached hydrogens (tertiary/aromatic N) is 1. The third-order valence-electron chi connectivity index (χ3n) is 5.64. The van der Waals surface area contributed by atoms with Crippen molar-refractivity contribution >= 4 is 17.5 Å². The Labute approximate surface area is 171 Å². The van der Waals surface area contributed by atoms with E-state index in [4.69, 9.17) is 9.47 Å². The maximum atomic E-state index is 13.0. The van der Waals surface area contributed by atoms with E-state index in [9.17, 15) is 14.7 Å². The summed E-state index contributed by atoms with van der Waals surface area (Å²) in [5, 5.41) is 9.99. The van der Waals surface area contributed by atoms with Crippen LogP contribution in [0.3, 0.4) is 0 Å². The number of carbonyl (C=O) groups excluding carboxylic acids is 2. The van der Waals surface area contributed by atoms with Crippen molar-refractivity contribution in [2.24, 2.45) is 10.9 Å². The van der Waals surface area contributed by atoms with E-state index in [1.54, 1.807) is 12.1 Å². The normalized spacial score (nSPS) is 21.5. The summed E-state index contributed by atoms with van der Waals surface area (Å²) in [6, 6.07) is 4.97. The maximum Gasteiger partial charge on any atom is 0.315 e. The van der Waals surface area contributed by atoms with Crippen LogP contribution in [0, 0.1) is 5.92 Å². The lowest BCUT2D eigenvalue weighted by Crippen LogP contribution is -2.37. The van der Waals surface area contributed by atoms with Crippen LogP contribution in [-0.2, 0) is 14.3 Å². The molecule has 0 aromatic heterocycles. The van der Waals surface area contributed by atoms with E-state index in [-0.39, 0.29) is 17.5 Å². The van der Waals surface area contributed by atoms with Gasteiger partial charge in [-0.25, -0.2) is 0 Å². The van der Waals surface area contributed by atoms with E-state index >= 15 is 0 Å². The van der Waals surface area contributed by atoms with Gasteiger partial charge in [0.05, 0.1) is 13.7 Å². The molecule has 3 rings (SSSR count). The summed E-state index contributed by atoms with van der Waals surface area (Å²) in [5.74, 6) is -1.15. The van der Waals surface area contributed by atoms with Crippen LogP contribution in [0.5, 0.6) is 11.5 Å². The number of Topliss-reactive ketones (excluding diaryl/α,β-unsaturated/α-hetero) is 1. The average molecular weight is 399 g/mol. The zero-order valence-electron chi connectivity index (χ0n) is 17.4. The number of aromatic hydroxyl groups is 1. The largest absolute Gasteiger partial charge is 0.504 e. The highest BCUT2D eigenvalue weighted by Gasteiger charge is 2.43. The SMILES string of the molecule is CCCCCOC(=O)C1C(C)=NC2=C(C(=O)CCC2)[C@H]1c1ccc(O)c(OC)c1. The first-order chi connectivity index (χ1) is 14.0. The topological polar surface area (TPSA) is 85.2 Å². The van der Waals surface area contributed by atoms with E-state index in [0.717, 1.165) is 43.4 Å². The van der Waals surface area contributed by atoms with Crippen LogP contribution in [-0.4, -0.2) is 36.3 Å². The lowest BCUT2D eigenvalue weighted by atomic mass is 9.71. The molecule has 1 unspecified atom stereocenters. The van der Waals surface area contributed by atoms with Gasteiger partial charge in [-0.1, -0.05) is 25.8 Å². The molecule has 1 heterocycles. The molecule has 0 radical (unpaired) electrons. The molecule has 0 amide bonds. The first-order valence-electron chi connectivity index (χ1n) is 10.3. The molecule has 1 aliphatic carbocycles. The van der Waals surface area contributed by atoms with Gasteiger partial charge in [-0.05, 0) is 43.9 Å². The summed E-state index contributed by atoms with van der Waals surface area (Å²) in [5.41, 5.74) is 2.78. The number of phenolic OH excluding ortho intramolecular Hbond substituents is 1. The lowest BCUT2D eigenvalue weighted by molar-refractivity contribution is -0.146. The molecule has 6 nitrogen and oxygen atoms in total. The second kappa shape index (κ2) is 9.25. The molecule has 156 valence electrons. The first-order valence-corrected chi connectivity index (χ1v) is 10.3. The second-order valence-electron chi connectivity index (χ2n) is 7.65. The molecule has 1 N–H and O–H groups in total. The van der Waals surface area contributed by atoms with Crippen molar-refractivity contribution in [1.29, 1.82) is 0 Å². The fraction of sp³-hybridized carbons (Fsp3) is 0.522. The molecule has 1 aromatic rings. The van der Waals surface area contributed by atoms with E-state index in [1.807, 2.05) is 6.92 Å². The van der Waals surface area contributed by atoms with Gasteiger partial charge in [0.1, 0.15) is 5.92 Å². The minimum Gasteiger partial charge on any atom is -0.504 e. The maximum absolute atomic E-state index is 13.0. The molecule has 0 bridgehead atoms. The Morgan fingerprint density at radius 2 is 2.07 bits per heavy atom. The summed E-state index contributed by atoms with van der Waals surface area (Å²) in [4.78, 5) is 30.5. The van der Waals surface area contributed by atoms with Gasteiger partial charge >= 0.3 is 5.97 Å². The molecular weight excluding hydrogens is 370 g/mol. The number of esters is 1. The number of hydrogen-bond donors (Lipinski definition) is 1. The fourth-order valence-corrected chi connectivity index (χ4v) is 4.17. The molecular formula is C23H29NO5. The van der Waals surface area contributed by atoms with E-state index < -0.39 is 11.8 Å². The summed E-state index contributed by atoms with van der Waals surface area (Å²) in [6.07, 6.45) is 4.81. The standard InChI is InChI=1S/C23H29NO5/c1-4-5-6-12-29-23(27)20-14(2)24-16-8-7-9-18(26)22(16)21(20)15-10-11-17(25)19(13-15)28-3/h10-11,13,20-21,25H,4-9,12H2,1-3H3/t20?,21-/m0/s1. The number of rotatable bonds is 7. The highest BCUT2D eigenvalue weighted by Crippen LogP contribution is 2.45. The van der Waals surface area contributed by atoms with Crippen molar-refractivity contribution in [3.63, 3.8) is 0 Å². The van der Waals surface area contributed by atoms with Crippen LogP contribution in [0.15, 0.2) is 34.5 Å². The predicted molar refractivity (Wildman–Crippen MR) is 110 cm³/mol. The number of allylic oxidation sites excluding steroid dienone is 2. The van der Waals surface area contributed by atoms with Gasteiger partial charge in [0.25, 0.3) is 0 Å². The van der Waals surface area contributed by atoms with E-state index in [2.05, 4.69) is 11.9 Å². The monoisotopic (exact) mass is 399 g/mol. The zero-order chi connectivity index (χ0) is 21.0. The third-order valence-corrected chi connectivity index (χ3v) is 5.64. The van der Waals surface area contributed by atoms with Crippen molar-refractivity contribution < 1.29 is 24.2 Å². The van der Waals surface area contributed by atoms with Crippen molar-refractivity contribution in [3.05, 3.63) is 35.0 Å². The molecule has 0 saturated heterocycles. The minimum absolute atomic E-state index is 0.0142. The second-order valence-corrected chi connectivity index (χ2v) is 7.65. The Kier molecular flexibility index (Phi) is 6.72. The third kappa shape index (κ3) is 4.36. The van der Waals surface area contributed by atoms with Gasteiger partial charge in [-0.3, -0.25) is 14.6 Å². The van der Waals surface area contributed by atoms with Crippen LogP contribution in [0.1, 0.15) is 63.9 Å². The smallest absolute Gasteiger partial charge is 0.315 e. The fourth-order valence-electron chi connectivity index (χ4n) is 4.17. The van der Waals surface area contributed by atoms with Crippen molar-refractivity contribution in [2.45, 2.75) is 58.3 Å². The van der Waals surface area contributed by atoms with Crippen LogP contribution in [0.2, 0.25) is 0 Å². The molecule has 0 saturated carbocycles. The van der Waals surface area contributed by atoms with Gasteiger partial charge < -0.3 is 14.6 Å². The Hall–Kier alpha value is -2.63. The molecule has 1 aromatic carbocycles. The average Bonchev–Trinajstić information content (AvgIpc) is 2.70. The molecule has 2 aliphatic rings. The molecule has 2 atom stereocenters. The highest BCUT2D eigenvalue weighted by molar-refractivity contribution is 6.08. The number of ketones is 1. The number of benzene rings is 1. The number of unbranched alkanes of at least 4 members (excludes halogenated alkanes) is 2. The highest BCUT2D eigenvalue weighted by atomic mass is 16.5. The Bertz CT molecular complexity index is 855. The Balaban J connectivity index is 2.02. The molecule has 0 spiro atoms. The Morgan fingerprint density at radius 3 is 2.79 bits per heavy atom. The van der Waals surface area contributed by atoms with Crippen LogP contribution in [0.4, 0.5) is 0 Å². The Morgan fingerprint density at radius 1 is 1.28 bits per heavy atom. The van der Waals surface area contributed by atoms with E-state index in [1.165, 1.54) is 13.2 Å². The summed E-state index contributed by atoms with van der Waals surface area (Å²) >= 11 is 0. The van der Waals surface area contributed by atoms with E-state index in [0.29, 0.717) is 30.1 Å². The van der Waals surface area contributed by atoms with Gasteiger partial charge in [-0.15, -0.1) is 0 Å². The summed E-state index contributed by atoms with van der Waals surface area (Å²) in [6.45, 7) is 4.28. The minimum atomic E-state index is -0.660. The van der Waals surface area contributed by atoms with Crippen molar-refractivity contribution in [3.8, 4) is 11.5 Å². The number of carbonyl (C=O) groups is 2. The zero-order valence-corrected chi connectivity index (χ0v) is 17.4. The van der Waals surface area contributed by atoms with Crippen molar-refractivity contribution in [2.75, 3.05) is 13.7 Å². The van der Waals surface area contributed by atoms with Gasteiger partial charge in [-0.2, -0.15) is 0 Å². The predicted octanol–water partition coefficient (Wildman–Crippen LogP) is 4.32. The number of aliphatic imine (C=N–C) groups is 1. The van der Waals surface area contributed by atoms with Gasteiger partial charge in [0.15, 0.2) is 17.3 Å². The van der Waals surface area contributed by atoms with Gasteiger partial charge in [0, 0.05) is 29.3 Å². The number of ether oxygens (including phenoxy) is 2. The summed E-state index contributed by atoms with van der Waals surface area (Å²) in [7, 11) is 1.47. The van der Waals surface area contributed by atoms with Crippen LogP contribution >= 0.6 is 0 Å². The van der Waals surface area contributed by atoms with Crippen LogP contribution in [0.25, 0.3) is 0 Å². The molecule has 29 heavy (non-hydrogen) atoms. The number of methoxy groups -OCH3 is 1. The molecule has 6 heteroatoms. The molecule has 1 aliphatic heterocycles. The first kappa shape index (κ1) is 21.1. The quantitative estimate of drug-likeness (QED) is 0.545.